The zero-order valence-electron chi connectivity index (χ0n) is 32.7. The average Bonchev–Trinajstić information content (AvgIpc) is 3.69. The number of furan rings is 1. The van der Waals surface area contributed by atoms with Crippen molar-refractivity contribution in [2.75, 3.05) is 17.7 Å². The molecule has 2 aromatic carbocycles. The standard InChI is InChI=1S/C21H23NS.C20H19NO.3C2H6.2CH4/c1-7-13-23-21-18(15(5)8-2)11-12-19-20(21)16(9-3)14-17(10-4)22(19)6;1-6-10-18-13(7-2)15-11-12-17-19(20(15)22-18)14(8-3)16(9-4)21(17)5;3*1-2;;/h7-12,14,16H,1-5,13H2,6H3;6-12H,2-4H2,1,5H3;3*1-2H3;2*1H4/b;10-6-;;;;;. The second-order valence-electron chi connectivity index (χ2n) is 10.5. The molecule has 2 aromatic heterocycles. The maximum absolute atomic E-state index is 6.15. The molecule has 1 aliphatic heterocycles. The average molecular weight is 733 g/mol. The zero-order chi connectivity index (χ0) is 38.8. The van der Waals surface area contributed by atoms with Crippen molar-refractivity contribution >= 4 is 69.2 Å². The maximum atomic E-state index is 6.15. The topological polar surface area (TPSA) is 21.3 Å². The number of benzene rings is 2. The number of hydrogen-bond acceptors (Lipinski definition) is 3. The van der Waals surface area contributed by atoms with E-state index in [9.17, 15) is 0 Å². The van der Waals surface area contributed by atoms with Crippen molar-refractivity contribution in [2.45, 2.75) is 74.1 Å². The van der Waals surface area contributed by atoms with E-state index in [1.165, 1.54) is 16.1 Å². The fourth-order valence-corrected chi connectivity index (χ4v) is 6.91. The smallest absolute Gasteiger partial charge is 0.145 e. The molecular formula is C49H68N2OS. The van der Waals surface area contributed by atoms with E-state index in [4.69, 9.17) is 4.42 Å². The van der Waals surface area contributed by atoms with Crippen molar-refractivity contribution in [3.8, 4) is 0 Å². The first-order chi connectivity index (χ1) is 24.8. The normalized spacial score (nSPS) is 12.1. The SMILES string of the molecule is C.C.C=CCSc1c(C(=C)C=C)ccc2c1C(C=C)C=C(C=C)N2C.C=Cc1c(/C=C\C)oc2c1ccc1c2c(C=C)c(C=C)n1C.CC.CC.CC. The molecule has 0 bridgehead atoms. The van der Waals surface area contributed by atoms with Gasteiger partial charge in [0, 0.05) is 69.8 Å². The maximum Gasteiger partial charge on any atom is 0.145 e. The number of thioether (sulfide) groups is 1. The second kappa shape index (κ2) is 25.1. The monoisotopic (exact) mass is 733 g/mol. The lowest BCUT2D eigenvalue weighted by Gasteiger charge is -2.33. The minimum atomic E-state index is 0. The molecule has 1 atom stereocenters. The predicted octanol–water partition coefficient (Wildman–Crippen LogP) is 16.2. The van der Waals surface area contributed by atoms with E-state index in [-0.39, 0.29) is 20.8 Å². The summed E-state index contributed by atoms with van der Waals surface area (Å²) < 4.78 is 8.26. The van der Waals surface area contributed by atoms with Gasteiger partial charge in [-0.2, -0.15) is 0 Å². The first kappa shape index (κ1) is 50.2. The van der Waals surface area contributed by atoms with Crippen LogP contribution in [0.3, 0.4) is 0 Å². The van der Waals surface area contributed by atoms with E-state index >= 15 is 0 Å². The van der Waals surface area contributed by atoms with Gasteiger partial charge in [-0.1, -0.05) is 138 Å². The third kappa shape index (κ3) is 10.4. The molecule has 0 radical (unpaired) electrons. The van der Waals surface area contributed by atoms with Gasteiger partial charge in [-0.3, -0.25) is 0 Å². The number of aromatic nitrogens is 1. The molecule has 0 N–H and O–H groups in total. The Kier molecular flexibility index (Phi) is 23.8. The molecule has 0 spiro atoms. The number of allylic oxidation sites excluding steroid dienone is 6. The number of nitrogens with zero attached hydrogens (tertiary/aromatic N) is 2. The molecule has 5 rings (SSSR count). The van der Waals surface area contributed by atoms with Crippen molar-refractivity contribution < 1.29 is 4.42 Å². The van der Waals surface area contributed by atoms with Crippen molar-refractivity contribution in [3.05, 3.63) is 153 Å². The molecule has 0 saturated carbocycles. The quantitative estimate of drug-likeness (QED) is 0.0870. The van der Waals surface area contributed by atoms with Gasteiger partial charge >= 0.3 is 0 Å². The molecule has 0 fully saturated rings. The lowest BCUT2D eigenvalue weighted by atomic mass is 9.89. The fourth-order valence-electron chi connectivity index (χ4n) is 5.88. The van der Waals surface area contributed by atoms with Crippen molar-refractivity contribution in [2.24, 2.45) is 7.05 Å². The Hall–Kier alpha value is -4.93. The Balaban J connectivity index is 0. The van der Waals surface area contributed by atoms with Crippen molar-refractivity contribution in [1.29, 1.82) is 0 Å². The van der Waals surface area contributed by atoms with Crippen LogP contribution in [-0.4, -0.2) is 17.4 Å². The summed E-state index contributed by atoms with van der Waals surface area (Å²) in [6.07, 6.45) is 19.3. The van der Waals surface area contributed by atoms with Crippen LogP contribution in [-0.2, 0) is 7.05 Å². The van der Waals surface area contributed by atoms with Gasteiger partial charge in [-0.05, 0) is 60.6 Å². The van der Waals surface area contributed by atoms with E-state index in [0.717, 1.165) is 67.0 Å². The third-order valence-electron chi connectivity index (χ3n) is 8.10. The van der Waals surface area contributed by atoms with Crippen LogP contribution in [0.1, 0.15) is 103 Å². The second-order valence-corrected chi connectivity index (χ2v) is 11.5. The molecule has 0 saturated heterocycles. The van der Waals surface area contributed by atoms with Gasteiger partial charge in [0.2, 0.25) is 0 Å². The molecule has 3 heterocycles. The van der Waals surface area contributed by atoms with Crippen molar-refractivity contribution in [1.82, 2.24) is 4.57 Å². The Bertz CT molecular complexity index is 1940. The molecule has 0 amide bonds. The molecule has 286 valence electrons. The predicted molar refractivity (Wildman–Crippen MR) is 251 cm³/mol. The molecule has 1 unspecified atom stereocenters. The highest BCUT2D eigenvalue weighted by Crippen LogP contribution is 2.45. The lowest BCUT2D eigenvalue weighted by Crippen LogP contribution is -2.22. The van der Waals surface area contributed by atoms with Gasteiger partial charge in [0.15, 0.2) is 0 Å². The van der Waals surface area contributed by atoms with E-state index in [0.29, 0.717) is 0 Å². The Morgan fingerprint density at radius 3 is 1.94 bits per heavy atom. The highest BCUT2D eigenvalue weighted by molar-refractivity contribution is 7.99. The molecule has 4 heteroatoms. The van der Waals surface area contributed by atoms with Gasteiger partial charge < -0.3 is 13.9 Å². The number of anilines is 1. The Labute approximate surface area is 328 Å². The molecule has 0 aliphatic carbocycles. The largest absolute Gasteiger partial charge is 0.455 e. The molecule has 1 aliphatic rings. The molecule has 53 heavy (non-hydrogen) atoms. The summed E-state index contributed by atoms with van der Waals surface area (Å²) in [7, 11) is 4.10. The Morgan fingerprint density at radius 1 is 0.830 bits per heavy atom. The van der Waals surface area contributed by atoms with Crippen LogP contribution < -0.4 is 4.90 Å². The summed E-state index contributed by atoms with van der Waals surface area (Å²) in [4.78, 5) is 3.39. The molecular weight excluding hydrogens is 665 g/mol. The van der Waals surface area contributed by atoms with Crippen LogP contribution in [0.2, 0.25) is 0 Å². The highest BCUT2D eigenvalue weighted by atomic mass is 32.2. The van der Waals surface area contributed by atoms with E-state index in [2.05, 4.69) is 99.5 Å². The molecule has 4 aromatic rings. The van der Waals surface area contributed by atoms with Gasteiger partial charge in [0.05, 0.1) is 10.9 Å². The minimum Gasteiger partial charge on any atom is -0.455 e. The summed E-state index contributed by atoms with van der Waals surface area (Å²) in [6.45, 7) is 45.6. The summed E-state index contributed by atoms with van der Waals surface area (Å²) in [5, 5.41) is 2.14. The van der Waals surface area contributed by atoms with Crippen molar-refractivity contribution in [3.63, 3.8) is 0 Å². The zero-order valence-corrected chi connectivity index (χ0v) is 33.6. The van der Waals surface area contributed by atoms with Crippen LogP contribution >= 0.6 is 11.8 Å². The molecule has 3 nitrogen and oxygen atoms in total. The van der Waals surface area contributed by atoms with Gasteiger partial charge in [0.1, 0.15) is 11.3 Å². The van der Waals surface area contributed by atoms with E-state index in [1.54, 1.807) is 17.8 Å². The summed E-state index contributed by atoms with van der Waals surface area (Å²) in [5.74, 6) is 1.83. The van der Waals surface area contributed by atoms with Crippen LogP contribution in [0, 0.1) is 0 Å². The minimum absolute atomic E-state index is 0. The van der Waals surface area contributed by atoms with Crippen LogP contribution in [0.25, 0.3) is 51.7 Å². The van der Waals surface area contributed by atoms with Crippen LogP contribution in [0.15, 0.2) is 128 Å². The number of rotatable bonds is 11. The fraction of sp³-hybridized carbons (Fsp3) is 0.265. The van der Waals surface area contributed by atoms with E-state index < -0.39 is 0 Å². The number of fused-ring (bicyclic) bond motifs is 4. The van der Waals surface area contributed by atoms with Crippen LogP contribution in [0.5, 0.6) is 0 Å². The third-order valence-corrected chi connectivity index (χ3v) is 9.23. The number of likely N-dealkylation sites (N-methyl/N-ethyl adjacent to an activating group) is 1. The van der Waals surface area contributed by atoms with Gasteiger partial charge in [0.25, 0.3) is 0 Å². The highest BCUT2D eigenvalue weighted by Gasteiger charge is 2.26. The van der Waals surface area contributed by atoms with Gasteiger partial charge in [-0.25, -0.2) is 0 Å². The first-order valence-corrected chi connectivity index (χ1v) is 18.8. The summed E-state index contributed by atoms with van der Waals surface area (Å²) in [5.41, 5.74) is 10.7. The van der Waals surface area contributed by atoms with Gasteiger partial charge in [-0.15, -0.1) is 24.9 Å². The summed E-state index contributed by atoms with van der Waals surface area (Å²) in [6, 6.07) is 8.46. The first-order valence-electron chi connectivity index (χ1n) is 17.8. The van der Waals surface area contributed by atoms with E-state index in [1.807, 2.05) is 104 Å². The Morgan fingerprint density at radius 2 is 1.45 bits per heavy atom. The summed E-state index contributed by atoms with van der Waals surface area (Å²) >= 11 is 1.78. The number of hydrogen-bond donors (Lipinski definition) is 0. The van der Waals surface area contributed by atoms with Crippen LogP contribution in [0.4, 0.5) is 5.69 Å². The number of aryl methyl sites for hydroxylation is 1. The lowest BCUT2D eigenvalue weighted by molar-refractivity contribution is 0.606.